The van der Waals surface area contributed by atoms with Crippen LogP contribution in [0.25, 0.3) is 0 Å². The molecule has 0 aromatic heterocycles. The van der Waals surface area contributed by atoms with Crippen LogP contribution in [-0.2, 0) is 4.43 Å². The first-order valence-electron chi connectivity index (χ1n) is 7.38. The van der Waals surface area contributed by atoms with Gasteiger partial charge in [0.1, 0.15) is 0 Å². The lowest BCUT2D eigenvalue weighted by Gasteiger charge is -2.38. The van der Waals surface area contributed by atoms with Crippen molar-refractivity contribution >= 4 is 8.32 Å². The molecule has 0 spiro atoms. The smallest absolute Gasteiger partial charge is 0.192 e. The number of rotatable bonds is 8. The molecule has 0 saturated heterocycles. The van der Waals surface area contributed by atoms with Crippen LogP contribution in [0.2, 0.25) is 18.1 Å². The Morgan fingerprint density at radius 3 is 2.00 bits per heavy atom. The molecule has 0 rings (SSSR count). The average molecular weight is 259 g/mol. The average Bonchev–Trinajstić information content (AvgIpc) is 2.14. The molecule has 104 valence electrons. The van der Waals surface area contributed by atoms with Crippen LogP contribution < -0.4 is 0 Å². The van der Waals surface area contributed by atoms with Gasteiger partial charge in [0.15, 0.2) is 8.32 Å². The fourth-order valence-electron chi connectivity index (χ4n) is 1.77. The summed E-state index contributed by atoms with van der Waals surface area (Å²) >= 11 is 0. The molecule has 0 aliphatic carbocycles. The Kier molecular flexibility index (Phi) is 7.66. The first-order chi connectivity index (χ1) is 7.70. The molecule has 0 heterocycles. The quantitative estimate of drug-likeness (QED) is 0.397. The van der Waals surface area contributed by atoms with E-state index in [9.17, 15) is 0 Å². The lowest BCUT2D eigenvalue weighted by Crippen LogP contribution is -2.43. The molecule has 0 aliphatic heterocycles. The summed E-state index contributed by atoms with van der Waals surface area (Å²) in [5.41, 5.74) is 0. The molecule has 0 aromatic carbocycles. The van der Waals surface area contributed by atoms with Gasteiger partial charge in [-0.15, -0.1) is 0 Å². The van der Waals surface area contributed by atoms with Crippen LogP contribution in [0.15, 0.2) is 0 Å². The van der Waals surface area contributed by atoms with Crippen LogP contribution in [0.4, 0.5) is 0 Å². The molecule has 2 heteroatoms. The highest BCUT2D eigenvalue weighted by Crippen LogP contribution is 2.37. The molecule has 0 fully saturated rings. The molecule has 1 nitrogen and oxygen atoms in total. The van der Waals surface area contributed by atoms with Crippen LogP contribution >= 0.6 is 0 Å². The second-order valence-electron chi connectivity index (χ2n) is 6.89. The fraction of sp³-hybridized carbons (Fsp3) is 1.00. The normalized spacial score (nSPS) is 15.0. The Morgan fingerprint density at radius 1 is 1.00 bits per heavy atom. The Bertz CT molecular complexity index is 194. The summed E-state index contributed by atoms with van der Waals surface area (Å²) in [4.78, 5) is 0. The standard InChI is InChI=1S/C15H34OSi/c1-8-9-10-11-12-13-14(2)16-17(6,7)15(3,4)5/h14H,8-13H2,1-7H3. The van der Waals surface area contributed by atoms with Crippen LogP contribution in [-0.4, -0.2) is 14.4 Å². The predicted octanol–water partition coefficient (Wildman–Crippen LogP) is 5.76. The lowest BCUT2D eigenvalue weighted by molar-refractivity contribution is 0.185. The van der Waals surface area contributed by atoms with Crippen molar-refractivity contribution in [1.82, 2.24) is 0 Å². The van der Waals surface area contributed by atoms with Crippen molar-refractivity contribution in [2.45, 2.75) is 97.4 Å². The zero-order valence-corrected chi connectivity index (χ0v) is 14.2. The second kappa shape index (κ2) is 7.58. The third-order valence-corrected chi connectivity index (χ3v) is 8.62. The predicted molar refractivity (Wildman–Crippen MR) is 81.1 cm³/mol. The van der Waals surface area contributed by atoms with Gasteiger partial charge in [0.05, 0.1) is 0 Å². The summed E-state index contributed by atoms with van der Waals surface area (Å²) in [5.74, 6) is 0. The molecule has 0 aliphatic rings. The minimum atomic E-state index is -1.54. The van der Waals surface area contributed by atoms with Crippen molar-refractivity contribution in [3.63, 3.8) is 0 Å². The molecule has 17 heavy (non-hydrogen) atoms. The van der Waals surface area contributed by atoms with Gasteiger partial charge in [0.2, 0.25) is 0 Å². The Labute approximate surface area is 110 Å². The van der Waals surface area contributed by atoms with Crippen molar-refractivity contribution in [2.75, 3.05) is 0 Å². The molecule has 0 radical (unpaired) electrons. The van der Waals surface area contributed by atoms with E-state index in [1.807, 2.05) is 0 Å². The van der Waals surface area contributed by atoms with Gasteiger partial charge in [-0.3, -0.25) is 0 Å². The second-order valence-corrected chi connectivity index (χ2v) is 11.6. The highest BCUT2D eigenvalue weighted by molar-refractivity contribution is 6.74. The van der Waals surface area contributed by atoms with Crippen molar-refractivity contribution in [2.24, 2.45) is 0 Å². The van der Waals surface area contributed by atoms with Gasteiger partial charge in [-0.2, -0.15) is 0 Å². The summed E-state index contributed by atoms with van der Waals surface area (Å²) in [7, 11) is -1.54. The van der Waals surface area contributed by atoms with Gasteiger partial charge in [0.25, 0.3) is 0 Å². The largest absolute Gasteiger partial charge is 0.414 e. The summed E-state index contributed by atoms with van der Waals surface area (Å²) < 4.78 is 6.35. The Balaban J connectivity index is 3.82. The molecule has 1 atom stereocenters. The van der Waals surface area contributed by atoms with E-state index >= 15 is 0 Å². The molecule has 0 bridgehead atoms. The van der Waals surface area contributed by atoms with E-state index in [0.29, 0.717) is 11.1 Å². The number of hydrogen-bond donors (Lipinski definition) is 0. The van der Waals surface area contributed by atoms with Crippen LogP contribution in [0.3, 0.4) is 0 Å². The molecular weight excluding hydrogens is 224 g/mol. The molecule has 0 aromatic rings. The monoisotopic (exact) mass is 258 g/mol. The van der Waals surface area contributed by atoms with E-state index in [4.69, 9.17) is 4.43 Å². The minimum absolute atomic E-state index is 0.337. The zero-order valence-electron chi connectivity index (χ0n) is 13.2. The first kappa shape index (κ1) is 17.2. The van der Waals surface area contributed by atoms with E-state index in [2.05, 4.69) is 47.7 Å². The van der Waals surface area contributed by atoms with Gasteiger partial charge < -0.3 is 4.43 Å². The van der Waals surface area contributed by atoms with Gasteiger partial charge in [-0.1, -0.05) is 59.8 Å². The summed E-state index contributed by atoms with van der Waals surface area (Å²) in [6, 6.07) is 0. The topological polar surface area (TPSA) is 9.23 Å². The van der Waals surface area contributed by atoms with E-state index in [1.54, 1.807) is 0 Å². The SMILES string of the molecule is CCCCCCCC(C)O[Si](C)(C)C(C)(C)C. The highest BCUT2D eigenvalue weighted by atomic mass is 28.4. The summed E-state index contributed by atoms with van der Waals surface area (Å²) in [6.07, 6.45) is 8.49. The van der Waals surface area contributed by atoms with Crippen molar-refractivity contribution < 1.29 is 4.43 Å². The first-order valence-corrected chi connectivity index (χ1v) is 10.3. The van der Waals surface area contributed by atoms with Crippen LogP contribution in [0, 0.1) is 0 Å². The van der Waals surface area contributed by atoms with Crippen molar-refractivity contribution in [3.05, 3.63) is 0 Å². The Hall–Kier alpha value is 0.177. The lowest BCUT2D eigenvalue weighted by atomic mass is 10.1. The van der Waals surface area contributed by atoms with Crippen LogP contribution in [0.5, 0.6) is 0 Å². The maximum atomic E-state index is 6.35. The number of unbranched alkanes of at least 4 members (excludes halogenated alkanes) is 4. The zero-order chi connectivity index (χ0) is 13.5. The van der Waals surface area contributed by atoms with Crippen molar-refractivity contribution in [1.29, 1.82) is 0 Å². The molecule has 0 N–H and O–H groups in total. The third kappa shape index (κ3) is 7.25. The summed E-state index contributed by atoms with van der Waals surface area (Å²) in [5, 5.41) is 0.337. The van der Waals surface area contributed by atoms with E-state index in [0.717, 1.165) is 0 Å². The molecule has 0 amide bonds. The van der Waals surface area contributed by atoms with E-state index < -0.39 is 8.32 Å². The minimum Gasteiger partial charge on any atom is -0.414 e. The van der Waals surface area contributed by atoms with Gasteiger partial charge in [-0.25, -0.2) is 0 Å². The van der Waals surface area contributed by atoms with Gasteiger partial charge in [0, 0.05) is 6.10 Å². The van der Waals surface area contributed by atoms with E-state index in [-0.39, 0.29) is 0 Å². The number of hydrogen-bond acceptors (Lipinski definition) is 1. The third-order valence-electron chi connectivity index (χ3n) is 4.02. The Morgan fingerprint density at radius 2 is 1.53 bits per heavy atom. The molecule has 1 unspecified atom stereocenters. The fourth-order valence-corrected chi connectivity index (χ4v) is 3.25. The van der Waals surface area contributed by atoms with Gasteiger partial charge in [-0.05, 0) is 31.5 Å². The molecule has 0 saturated carbocycles. The maximum Gasteiger partial charge on any atom is 0.192 e. The van der Waals surface area contributed by atoms with Crippen molar-refractivity contribution in [3.8, 4) is 0 Å². The van der Waals surface area contributed by atoms with Crippen LogP contribution in [0.1, 0.15) is 73.1 Å². The van der Waals surface area contributed by atoms with Gasteiger partial charge >= 0.3 is 0 Å². The van der Waals surface area contributed by atoms with E-state index in [1.165, 1.54) is 38.5 Å². The maximum absolute atomic E-state index is 6.35. The summed E-state index contributed by atoms with van der Waals surface area (Å²) in [6.45, 7) is 16.2. The molecular formula is C15H34OSi. The highest BCUT2D eigenvalue weighted by Gasteiger charge is 2.38.